The second-order valence-corrected chi connectivity index (χ2v) is 8.38. The van der Waals surface area contributed by atoms with E-state index in [0.29, 0.717) is 30.2 Å². The van der Waals surface area contributed by atoms with E-state index in [0.717, 1.165) is 29.7 Å². The van der Waals surface area contributed by atoms with Crippen molar-refractivity contribution in [1.29, 1.82) is 5.26 Å². The second kappa shape index (κ2) is 10.9. The van der Waals surface area contributed by atoms with Crippen LogP contribution in [-0.4, -0.2) is 30.6 Å². The van der Waals surface area contributed by atoms with Gasteiger partial charge in [0, 0.05) is 11.4 Å². The van der Waals surface area contributed by atoms with E-state index in [1.54, 1.807) is 18.2 Å². The van der Waals surface area contributed by atoms with Crippen molar-refractivity contribution in [2.75, 3.05) is 13.2 Å². The van der Waals surface area contributed by atoms with Gasteiger partial charge < -0.3 is 20.5 Å². The van der Waals surface area contributed by atoms with Gasteiger partial charge in [-0.3, -0.25) is 9.59 Å². The number of benzene rings is 2. The SMILES string of the molecule is Cc1cc(CCC(=O)NC2(C#N)CC2)ccc1OCC=CCOc1ccc(Cl)cc1C(N)=O. The molecule has 0 atom stereocenters. The van der Waals surface area contributed by atoms with Crippen LogP contribution >= 0.6 is 11.6 Å². The molecule has 3 N–H and O–H groups in total. The minimum absolute atomic E-state index is 0.0964. The number of amides is 2. The topological polar surface area (TPSA) is 114 Å². The minimum Gasteiger partial charge on any atom is -0.489 e. The van der Waals surface area contributed by atoms with Crippen LogP contribution in [0.5, 0.6) is 11.5 Å². The molecular weight excluding hydrogens is 442 g/mol. The molecule has 0 bridgehead atoms. The van der Waals surface area contributed by atoms with Gasteiger partial charge in [-0.2, -0.15) is 5.26 Å². The highest BCUT2D eigenvalue weighted by molar-refractivity contribution is 6.31. The lowest BCUT2D eigenvalue weighted by Gasteiger charge is -2.11. The maximum absolute atomic E-state index is 12.0. The summed E-state index contributed by atoms with van der Waals surface area (Å²) >= 11 is 5.88. The molecule has 1 aliphatic rings. The van der Waals surface area contributed by atoms with Crippen molar-refractivity contribution >= 4 is 23.4 Å². The van der Waals surface area contributed by atoms with Crippen molar-refractivity contribution in [2.45, 2.75) is 38.1 Å². The maximum Gasteiger partial charge on any atom is 0.252 e. The minimum atomic E-state index is -0.623. The van der Waals surface area contributed by atoms with Gasteiger partial charge in [-0.15, -0.1) is 0 Å². The fraction of sp³-hybridized carbons (Fsp3) is 0.320. The zero-order valence-electron chi connectivity index (χ0n) is 18.4. The zero-order chi connectivity index (χ0) is 23.8. The van der Waals surface area contributed by atoms with Gasteiger partial charge in [0.1, 0.15) is 30.3 Å². The Kier molecular flexibility index (Phi) is 7.96. The Labute approximate surface area is 198 Å². The van der Waals surface area contributed by atoms with Gasteiger partial charge in [-0.25, -0.2) is 0 Å². The molecule has 0 heterocycles. The lowest BCUT2D eigenvalue weighted by atomic mass is 10.1. The van der Waals surface area contributed by atoms with Crippen LogP contribution in [0.25, 0.3) is 0 Å². The van der Waals surface area contributed by atoms with Crippen LogP contribution in [0.1, 0.15) is 40.7 Å². The summed E-state index contributed by atoms with van der Waals surface area (Å²) in [6.45, 7) is 2.55. The Hall–Kier alpha value is -3.50. The number of primary amides is 1. The number of nitrogens with one attached hydrogen (secondary N) is 1. The Balaban J connectivity index is 1.41. The molecule has 3 rings (SSSR count). The molecule has 0 saturated heterocycles. The van der Waals surface area contributed by atoms with E-state index < -0.39 is 11.4 Å². The number of nitriles is 1. The summed E-state index contributed by atoms with van der Waals surface area (Å²) < 4.78 is 11.4. The Morgan fingerprint density at radius 2 is 1.82 bits per heavy atom. The van der Waals surface area contributed by atoms with Crippen LogP contribution in [0.4, 0.5) is 0 Å². The number of nitrogens with zero attached hydrogens (tertiary/aromatic N) is 1. The lowest BCUT2D eigenvalue weighted by Crippen LogP contribution is -2.35. The smallest absolute Gasteiger partial charge is 0.252 e. The highest BCUT2D eigenvalue weighted by atomic mass is 35.5. The molecule has 0 unspecified atom stereocenters. The van der Waals surface area contributed by atoms with Crippen LogP contribution in [0, 0.1) is 18.3 Å². The van der Waals surface area contributed by atoms with E-state index in [2.05, 4.69) is 11.4 Å². The number of halogens is 1. The highest BCUT2D eigenvalue weighted by Gasteiger charge is 2.44. The van der Waals surface area contributed by atoms with E-state index in [1.807, 2.05) is 31.2 Å². The number of carbonyl (C=O) groups is 2. The number of hydrogen-bond donors (Lipinski definition) is 2. The molecule has 2 aromatic rings. The number of aryl methyl sites for hydroxylation is 2. The summed E-state index contributed by atoms with van der Waals surface area (Å²) in [5, 5.41) is 12.3. The van der Waals surface area contributed by atoms with E-state index in [4.69, 9.17) is 32.1 Å². The third-order valence-corrected chi connectivity index (χ3v) is 5.50. The number of carbonyl (C=O) groups excluding carboxylic acids is 2. The van der Waals surface area contributed by atoms with Crippen LogP contribution in [0.3, 0.4) is 0 Å². The highest BCUT2D eigenvalue weighted by Crippen LogP contribution is 2.34. The van der Waals surface area contributed by atoms with Gasteiger partial charge >= 0.3 is 0 Å². The Morgan fingerprint density at radius 3 is 2.42 bits per heavy atom. The molecule has 1 fully saturated rings. The van der Waals surface area contributed by atoms with Crippen molar-refractivity contribution in [1.82, 2.24) is 5.32 Å². The summed E-state index contributed by atoms with van der Waals surface area (Å²) in [6.07, 6.45) is 6.02. The number of hydrogen-bond acceptors (Lipinski definition) is 5. The molecule has 2 aromatic carbocycles. The first kappa shape index (κ1) is 24.1. The van der Waals surface area contributed by atoms with Crippen LogP contribution in [0.15, 0.2) is 48.6 Å². The fourth-order valence-electron chi connectivity index (χ4n) is 3.24. The summed E-state index contributed by atoms with van der Waals surface area (Å²) in [7, 11) is 0. The normalized spacial score (nSPS) is 13.8. The Bertz CT molecular complexity index is 1100. The molecule has 172 valence electrons. The molecule has 0 aliphatic heterocycles. The predicted molar refractivity (Wildman–Crippen MR) is 125 cm³/mol. The van der Waals surface area contributed by atoms with E-state index in [1.165, 1.54) is 6.07 Å². The number of ether oxygens (including phenoxy) is 2. The molecular formula is C25H26ClN3O4. The predicted octanol–water partition coefficient (Wildman–Crippen LogP) is 3.87. The van der Waals surface area contributed by atoms with Crippen LogP contribution in [-0.2, 0) is 11.2 Å². The number of nitrogens with two attached hydrogens (primary N) is 1. The van der Waals surface area contributed by atoms with Gasteiger partial charge in [0.05, 0.1) is 11.6 Å². The quantitative estimate of drug-likeness (QED) is 0.487. The summed E-state index contributed by atoms with van der Waals surface area (Å²) in [5.41, 5.74) is 6.96. The number of rotatable bonds is 11. The zero-order valence-corrected chi connectivity index (χ0v) is 19.2. The molecule has 0 spiro atoms. The monoisotopic (exact) mass is 467 g/mol. The van der Waals surface area contributed by atoms with Crippen molar-refractivity contribution in [3.05, 3.63) is 70.3 Å². The standard InChI is InChI=1S/C25H26ClN3O4/c1-17-14-18(5-9-23(30)29-25(16-27)10-11-25)4-7-21(17)32-12-2-3-13-33-22-8-6-19(26)15-20(22)24(28)31/h2-4,6-8,14-15H,5,9-13H2,1H3,(H2,28,31)(H,29,30). The summed E-state index contributed by atoms with van der Waals surface area (Å²) in [6, 6.07) is 12.7. The van der Waals surface area contributed by atoms with Crippen molar-refractivity contribution < 1.29 is 19.1 Å². The molecule has 0 aromatic heterocycles. The molecule has 1 aliphatic carbocycles. The van der Waals surface area contributed by atoms with Gasteiger partial charge in [0.25, 0.3) is 5.91 Å². The average molecular weight is 468 g/mol. The van der Waals surface area contributed by atoms with Crippen molar-refractivity contribution in [2.24, 2.45) is 5.73 Å². The van der Waals surface area contributed by atoms with Crippen LogP contribution in [0.2, 0.25) is 5.02 Å². The first-order valence-electron chi connectivity index (χ1n) is 10.6. The largest absolute Gasteiger partial charge is 0.489 e. The van der Waals surface area contributed by atoms with E-state index in [9.17, 15) is 9.59 Å². The average Bonchev–Trinajstić information content (AvgIpc) is 3.56. The Morgan fingerprint density at radius 1 is 1.15 bits per heavy atom. The fourth-order valence-corrected chi connectivity index (χ4v) is 3.41. The maximum atomic E-state index is 12.0. The van der Waals surface area contributed by atoms with Crippen LogP contribution < -0.4 is 20.5 Å². The first-order valence-corrected chi connectivity index (χ1v) is 11.0. The third kappa shape index (κ3) is 6.99. The van der Waals surface area contributed by atoms with Crippen molar-refractivity contribution in [3.63, 3.8) is 0 Å². The van der Waals surface area contributed by atoms with Gasteiger partial charge in [0.2, 0.25) is 5.91 Å². The van der Waals surface area contributed by atoms with E-state index in [-0.39, 0.29) is 18.1 Å². The summed E-state index contributed by atoms with van der Waals surface area (Å²) in [4.78, 5) is 23.5. The van der Waals surface area contributed by atoms with E-state index >= 15 is 0 Å². The van der Waals surface area contributed by atoms with Gasteiger partial charge in [-0.05, 0) is 73.7 Å². The van der Waals surface area contributed by atoms with Gasteiger partial charge in [0.15, 0.2) is 0 Å². The lowest BCUT2D eigenvalue weighted by molar-refractivity contribution is -0.121. The molecule has 8 heteroatoms. The summed E-state index contributed by atoms with van der Waals surface area (Å²) in [5.74, 6) is 0.427. The van der Waals surface area contributed by atoms with Crippen molar-refractivity contribution in [3.8, 4) is 17.6 Å². The molecule has 2 amide bonds. The molecule has 33 heavy (non-hydrogen) atoms. The molecule has 1 saturated carbocycles. The molecule has 7 nitrogen and oxygen atoms in total. The first-order chi connectivity index (χ1) is 15.8. The second-order valence-electron chi connectivity index (χ2n) is 7.94. The molecule has 0 radical (unpaired) electrons. The van der Waals surface area contributed by atoms with Gasteiger partial charge in [-0.1, -0.05) is 23.7 Å². The third-order valence-electron chi connectivity index (χ3n) is 5.27.